The van der Waals surface area contributed by atoms with E-state index in [0.29, 0.717) is 11.3 Å². The summed E-state index contributed by atoms with van der Waals surface area (Å²) in [6.45, 7) is 4.08. The summed E-state index contributed by atoms with van der Waals surface area (Å²) in [6, 6.07) is 39.6. The van der Waals surface area contributed by atoms with Gasteiger partial charge in [0.2, 0.25) is 5.91 Å². The fourth-order valence-corrected chi connectivity index (χ4v) is 6.58. The highest BCUT2D eigenvalue weighted by Crippen LogP contribution is 2.37. The average Bonchev–Trinajstić information content (AvgIpc) is 3.55. The second-order valence-corrected chi connectivity index (χ2v) is 12.7. The Labute approximate surface area is 289 Å². The molecule has 8 heteroatoms. The Kier molecular flexibility index (Phi) is 10.4. The summed E-state index contributed by atoms with van der Waals surface area (Å²) in [7, 11) is 0. The van der Waals surface area contributed by atoms with Gasteiger partial charge in [-0.05, 0) is 78.6 Å². The van der Waals surface area contributed by atoms with Gasteiger partial charge in [0.15, 0.2) is 0 Å². The minimum Gasteiger partial charge on any atom is -0.361 e. The monoisotopic (exact) mass is 664 g/mol. The van der Waals surface area contributed by atoms with Crippen molar-refractivity contribution < 1.29 is 14.4 Å². The van der Waals surface area contributed by atoms with E-state index in [0.717, 1.165) is 50.2 Å². The molecule has 3 amide bonds. The summed E-state index contributed by atoms with van der Waals surface area (Å²) in [5, 5.41) is 9.34. The summed E-state index contributed by atoms with van der Waals surface area (Å²) < 4.78 is 0. The first-order chi connectivity index (χ1) is 23.9. The number of carbonyl (C=O) groups excluding carboxylic acids is 3. The first kappa shape index (κ1) is 33.1. The predicted octanol–water partition coefficient (Wildman–Crippen LogP) is 8.92. The molecule has 5 aromatic carbocycles. The van der Waals surface area contributed by atoms with Gasteiger partial charge in [0.1, 0.15) is 10.9 Å². The Morgan fingerprint density at radius 3 is 2.20 bits per heavy atom. The lowest BCUT2D eigenvalue weighted by Gasteiger charge is -2.20. The number of para-hydroxylation sites is 2. The highest BCUT2D eigenvalue weighted by atomic mass is 32.2. The van der Waals surface area contributed by atoms with Gasteiger partial charge in [-0.15, -0.1) is 11.8 Å². The number of aromatic nitrogens is 1. The van der Waals surface area contributed by atoms with Crippen molar-refractivity contribution in [2.75, 3.05) is 10.6 Å². The van der Waals surface area contributed by atoms with Crippen LogP contribution in [0.1, 0.15) is 44.8 Å². The van der Waals surface area contributed by atoms with Crippen molar-refractivity contribution in [2.24, 2.45) is 0 Å². The molecule has 49 heavy (non-hydrogen) atoms. The van der Waals surface area contributed by atoms with E-state index >= 15 is 0 Å². The number of hydrogen-bond donors (Lipinski definition) is 4. The lowest BCUT2D eigenvalue weighted by Crippen LogP contribution is -2.30. The second kappa shape index (κ2) is 15.4. The van der Waals surface area contributed by atoms with Crippen LogP contribution in [0, 0.1) is 6.92 Å². The Morgan fingerprint density at radius 1 is 0.776 bits per heavy atom. The van der Waals surface area contributed by atoms with Gasteiger partial charge in [-0.3, -0.25) is 14.4 Å². The van der Waals surface area contributed by atoms with E-state index in [-0.39, 0.29) is 11.6 Å². The molecule has 0 spiro atoms. The molecule has 0 saturated heterocycles. The van der Waals surface area contributed by atoms with Crippen LogP contribution >= 0.6 is 11.8 Å². The number of thioether (sulfide) groups is 1. The van der Waals surface area contributed by atoms with Crippen LogP contribution in [0.4, 0.5) is 11.4 Å². The van der Waals surface area contributed by atoms with Crippen molar-refractivity contribution in [3.8, 4) is 0 Å². The van der Waals surface area contributed by atoms with Gasteiger partial charge in [0.25, 0.3) is 11.8 Å². The molecular formula is C41H36N4O3S. The first-order valence-electron chi connectivity index (χ1n) is 16.1. The van der Waals surface area contributed by atoms with Gasteiger partial charge in [0, 0.05) is 44.5 Å². The normalized spacial score (nSPS) is 11.9. The number of fused-ring (bicyclic) bond motifs is 1. The van der Waals surface area contributed by atoms with Gasteiger partial charge < -0.3 is 20.9 Å². The average molecular weight is 665 g/mol. The molecule has 0 bridgehead atoms. The number of amides is 3. The lowest BCUT2D eigenvalue weighted by molar-refractivity contribution is -0.116. The minimum absolute atomic E-state index is 0.0977. The number of carbonyl (C=O) groups is 3. The third kappa shape index (κ3) is 8.00. The highest BCUT2D eigenvalue weighted by Gasteiger charge is 2.24. The van der Waals surface area contributed by atoms with Gasteiger partial charge in [0.05, 0.1) is 0 Å². The van der Waals surface area contributed by atoms with Crippen molar-refractivity contribution in [3.63, 3.8) is 0 Å². The summed E-state index contributed by atoms with van der Waals surface area (Å²) >= 11 is 1.44. The molecule has 6 rings (SSSR count). The number of rotatable bonds is 11. The molecule has 7 nitrogen and oxygen atoms in total. The third-order valence-electron chi connectivity index (χ3n) is 8.14. The number of aryl methyl sites for hydroxylation is 2. The number of H-pyrrole nitrogens is 1. The second-order valence-electron chi connectivity index (χ2n) is 11.5. The van der Waals surface area contributed by atoms with Crippen molar-refractivity contribution in [1.82, 2.24) is 10.3 Å². The summed E-state index contributed by atoms with van der Waals surface area (Å²) in [5.41, 5.74) is 6.60. The summed E-state index contributed by atoms with van der Waals surface area (Å²) in [5.74, 6) is -0.976. The summed E-state index contributed by atoms with van der Waals surface area (Å²) in [4.78, 5) is 44.7. The molecule has 1 unspecified atom stereocenters. The van der Waals surface area contributed by atoms with E-state index in [1.165, 1.54) is 11.8 Å². The molecule has 0 aliphatic rings. The molecule has 1 heterocycles. The smallest absolute Gasteiger partial charge is 0.272 e. The Bertz CT molecular complexity index is 2120. The molecule has 4 N–H and O–H groups in total. The molecule has 0 radical (unpaired) electrons. The van der Waals surface area contributed by atoms with Crippen molar-refractivity contribution in [3.05, 3.63) is 167 Å². The van der Waals surface area contributed by atoms with Gasteiger partial charge in [-0.25, -0.2) is 0 Å². The minimum atomic E-state index is -0.509. The topological polar surface area (TPSA) is 103 Å². The summed E-state index contributed by atoms with van der Waals surface area (Å²) in [6.07, 6.45) is 4.28. The molecule has 6 aromatic rings. The zero-order chi connectivity index (χ0) is 34.2. The van der Waals surface area contributed by atoms with Crippen molar-refractivity contribution in [2.45, 2.75) is 30.4 Å². The fraction of sp³-hybridized carbons (Fsp3) is 0.0976. The molecule has 0 aliphatic heterocycles. The Morgan fingerprint density at radius 2 is 1.47 bits per heavy atom. The highest BCUT2D eigenvalue weighted by molar-refractivity contribution is 8.00. The quantitative estimate of drug-likeness (QED) is 0.0820. The fourth-order valence-electron chi connectivity index (χ4n) is 5.55. The zero-order valence-electron chi connectivity index (χ0n) is 27.2. The van der Waals surface area contributed by atoms with E-state index in [1.807, 2.05) is 97.9 Å². The molecule has 1 atom stereocenters. The molecule has 1 aromatic heterocycles. The van der Waals surface area contributed by atoms with Crippen LogP contribution in [0.3, 0.4) is 0 Å². The van der Waals surface area contributed by atoms with Crippen LogP contribution in [-0.2, 0) is 16.0 Å². The molecule has 0 fully saturated rings. The van der Waals surface area contributed by atoms with Crippen molar-refractivity contribution >= 4 is 57.8 Å². The van der Waals surface area contributed by atoms with E-state index in [9.17, 15) is 14.4 Å². The van der Waals surface area contributed by atoms with E-state index in [4.69, 9.17) is 0 Å². The van der Waals surface area contributed by atoms with Crippen molar-refractivity contribution in [1.29, 1.82) is 0 Å². The largest absolute Gasteiger partial charge is 0.361 e. The number of hydrogen-bond acceptors (Lipinski definition) is 4. The van der Waals surface area contributed by atoms with Gasteiger partial charge in [-0.1, -0.05) is 91.9 Å². The third-order valence-corrected chi connectivity index (χ3v) is 9.41. The maximum atomic E-state index is 13.8. The molecule has 244 valence electrons. The van der Waals surface area contributed by atoms with Crippen LogP contribution in [0.25, 0.3) is 17.0 Å². The van der Waals surface area contributed by atoms with Crippen LogP contribution in [0.5, 0.6) is 0 Å². The maximum Gasteiger partial charge on any atom is 0.272 e. The van der Waals surface area contributed by atoms with Crippen LogP contribution in [0.2, 0.25) is 0 Å². The predicted molar refractivity (Wildman–Crippen MR) is 199 cm³/mol. The van der Waals surface area contributed by atoms with Crippen LogP contribution in [0.15, 0.2) is 144 Å². The number of anilines is 2. The van der Waals surface area contributed by atoms with E-state index in [2.05, 4.69) is 27.9 Å². The first-order valence-corrected chi connectivity index (χ1v) is 16.9. The Hall–Kier alpha value is -5.86. The molecular weight excluding hydrogens is 629 g/mol. The lowest BCUT2D eigenvalue weighted by atomic mass is 10.1. The molecule has 0 aliphatic carbocycles. The van der Waals surface area contributed by atoms with Gasteiger partial charge >= 0.3 is 0 Å². The Balaban J connectivity index is 1.22. The number of benzene rings is 5. The van der Waals surface area contributed by atoms with E-state index in [1.54, 1.807) is 48.7 Å². The van der Waals surface area contributed by atoms with Crippen LogP contribution in [-0.4, -0.2) is 22.7 Å². The zero-order valence-corrected chi connectivity index (χ0v) is 28.0. The number of aromatic amines is 1. The maximum absolute atomic E-state index is 13.8. The SMILES string of the molecule is CCc1cccc(C)c1NC(=O)C(Sc1ccc(NC(=O)C(=Cc2c[nH]c3ccccc23)NC(=O)c2ccccc2)cc1)c1ccccc1. The number of nitrogens with one attached hydrogen (secondary N) is 4. The standard InChI is InChI=1S/C41H36N4O3S/c1-3-28-18-12-13-27(2)37(28)45-41(48)38(29-14-6-4-7-15-29)49-33-23-21-32(22-24-33)43-40(47)36(44-39(46)30-16-8-5-9-17-30)25-31-26-42-35-20-11-10-19-34(31)35/h4-26,38,42H,3H2,1-2H3,(H,43,47)(H,44,46)(H,45,48). The molecule has 0 saturated carbocycles. The van der Waals surface area contributed by atoms with E-state index < -0.39 is 17.1 Å². The van der Waals surface area contributed by atoms with Crippen LogP contribution < -0.4 is 16.0 Å². The van der Waals surface area contributed by atoms with Gasteiger partial charge in [-0.2, -0.15) is 0 Å².